The Labute approximate surface area is 112 Å². The monoisotopic (exact) mass is 281 g/mol. The highest BCUT2D eigenvalue weighted by Crippen LogP contribution is 2.11. The Morgan fingerprint density at radius 1 is 1.53 bits per heavy atom. The van der Waals surface area contributed by atoms with Crippen LogP contribution in [0, 0.1) is 0 Å². The molecule has 0 radical (unpaired) electrons. The van der Waals surface area contributed by atoms with Gasteiger partial charge < -0.3 is 10.2 Å². The highest BCUT2D eigenvalue weighted by molar-refractivity contribution is 7.99. The summed E-state index contributed by atoms with van der Waals surface area (Å²) in [5, 5.41) is 5.85. The minimum Gasteiger partial charge on any atom is -0.352 e. The second-order valence-electron chi connectivity index (χ2n) is 4.19. The minimum atomic E-state index is -0.137. The third-order valence-corrected chi connectivity index (χ3v) is 3.16. The van der Waals surface area contributed by atoms with Gasteiger partial charge in [0.2, 0.25) is 11.8 Å². The van der Waals surface area contributed by atoms with E-state index in [0.717, 1.165) is 11.6 Å². The zero-order valence-corrected chi connectivity index (χ0v) is 12.0. The van der Waals surface area contributed by atoms with Crippen molar-refractivity contribution >= 4 is 36.0 Å². The maximum Gasteiger partial charge on any atom is 0.240 e. The van der Waals surface area contributed by atoms with Crippen molar-refractivity contribution < 1.29 is 9.59 Å². The molecule has 100 valence electrons. The summed E-state index contributed by atoms with van der Waals surface area (Å²) in [5.41, 5.74) is 0. The summed E-state index contributed by atoms with van der Waals surface area (Å²) in [6.07, 6.45) is 0. The molecule has 1 aliphatic heterocycles. The quantitative estimate of drug-likeness (QED) is 0.765. The van der Waals surface area contributed by atoms with E-state index in [1.807, 2.05) is 13.8 Å². The summed E-state index contributed by atoms with van der Waals surface area (Å²) in [4.78, 5) is 24.8. The second kappa shape index (κ2) is 7.79. The van der Waals surface area contributed by atoms with E-state index in [1.54, 1.807) is 18.8 Å². The number of nitrogens with one attached hydrogen (secondary N) is 2. The van der Waals surface area contributed by atoms with Crippen molar-refractivity contribution in [2.24, 2.45) is 0 Å². The van der Waals surface area contributed by atoms with Crippen LogP contribution < -0.4 is 10.6 Å². The first kappa shape index (κ1) is 16.5. The van der Waals surface area contributed by atoms with Crippen LogP contribution in [0.5, 0.6) is 0 Å². The number of carbonyl (C=O) groups is 2. The van der Waals surface area contributed by atoms with Crippen molar-refractivity contribution in [3.05, 3.63) is 0 Å². The van der Waals surface area contributed by atoms with Gasteiger partial charge in [0.25, 0.3) is 0 Å². The summed E-state index contributed by atoms with van der Waals surface area (Å²) in [6, 6.07) is -0.0296. The van der Waals surface area contributed by atoms with Crippen molar-refractivity contribution in [1.82, 2.24) is 15.5 Å². The number of hydrogen-bond donors (Lipinski definition) is 2. The molecule has 5 nitrogen and oxygen atoms in total. The highest BCUT2D eigenvalue weighted by Gasteiger charge is 2.26. The molecule has 0 aromatic carbocycles. The summed E-state index contributed by atoms with van der Waals surface area (Å²) in [6.45, 7) is 3.92. The van der Waals surface area contributed by atoms with Gasteiger partial charge in [-0.05, 0) is 13.8 Å². The van der Waals surface area contributed by atoms with E-state index in [9.17, 15) is 9.59 Å². The lowest BCUT2D eigenvalue weighted by atomic mass is 10.3. The number of hydrogen-bond acceptors (Lipinski definition) is 4. The SMILES string of the molecule is CC(C)NC(=O)CN(C)C(=O)C1CSCN1.Cl. The summed E-state index contributed by atoms with van der Waals surface area (Å²) >= 11 is 1.70. The Morgan fingerprint density at radius 3 is 2.65 bits per heavy atom. The van der Waals surface area contributed by atoms with Gasteiger partial charge in [0.1, 0.15) is 0 Å². The molecular weight excluding hydrogens is 262 g/mol. The lowest BCUT2D eigenvalue weighted by molar-refractivity contribution is -0.135. The van der Waals surface area contributed by atoms with E-state index >= 15 is 0 Å². The van der Waals surface area contributed by atoms with Crippen LogP contribution in [0.15, 0.2) is 0 Å². The Morgan fingerprint density at radius 2 is 2.18 bits per heavy atom. The maximum absolute atomic E-state index is 11.8. The van der Waals surface area contributed by atoms with E-state index in [-0.39, 0.29) is 42.8 Å². The maximum atomic E-state index is 11.8. The molecular formula is C10H20ClN3O2S. The van der Waals surface area contributed by atoms with E-state index in [4.69, 9.17) is 0 Å². The lowest BCUT2D eigenvalue weighted by Crippen LogP contribution is -2.47. The van der Waals surface area contributed by atoms with Gasteiger partial charge in [0, 0.05) is 24.7 Å². The van der Waals surface area contributed by atoms with Gasteiger partial charge in [-0.25, -0.2) is 0 Å². The smallest absolute Gasteiger partial charge is 0.240 e. The molecule has 0 aromatic heterocycles. The van der Waals surface area contributed by atoms with E-state index in [2.05, 4.69) is 10.6 Å². The topological polar surface area (TPSA) is 61.4 Å². The van der Waals surface area contributed by atoms with Gasteiger partial charge >= 0.3 is 0 Å². The normalized spacial score (nSPS) is 18.7. The molecule has 0 spiro atoms. The molecule has 2 amide bonds. The summed E-state index contributed by atoms with van der Waals surface area (Å²) < 4.78 is 0. The summed E-state index contributed by atoms with van der Waals surface area (Å²) in [7, 11) is 1.66. The van der Waals surface area contributed by atoms with Crippen LogP contribution in [-0.4, -0.2) is 54.0 Å². The largest absolute Gasteiger partial charge is 0.352 e. The molecule has 1 aliphatic rings. The second-order valence-corrected chi connectivity index (χ2v) is 5.22. The Balaban J connectivity index is 0.00000256. The molecule has 17 heavy (non-hydrogen) atoms. The van der Waals surface area contributed by atoms with Crippen LogP contribution in [0.2, 0.25) is 0 Å². The standard InChI is InChI=1S/C10H19N3O2S.ClH/c1-7(2)12-9(14)4-13(3)10(15)8-5-16-6-11-8;/h7-8,11H,4-6H2,1-3H3,(H,12,14);1H. The van der Waals surface area contributed by atoms with Crippen LogP contribution in [-0.2, 0) is 9.59 Å². The Kier molecular flexibility index (Phi) is 7.58. The zero-order valence-electron chi connectivity index (χ0n) is 10.4. The first-order valence-corrected chi connectivity index (χ1v) is 6.51. The first-order valence-electron chi connectivity index (χ1n) is 5.36. The lowest BCUT2D eigenvalue weighted by Gasteiger charge is -2.20. The molecule has 1 heterocycles. The van der Waals surface area contributed by atoms with Crippen LogP contribution in [0.25, 0.3) is 0 Å². The van der Waals surface area contributed by atoms with Crippen LogP contribution >= 0.6 is 24.2 Å². The molecule has 1 fully saturated rings. The average Bonchev–Trinajstić information content (AvgIpc) is 2.67. The van der Waals surface area contributed by atoms with Crippen molar-refractivity contribution in [2.75, 3.05) is 25.2 Å². The Bertz CT molecular complexity index is 270. The zero-order chi connectivity index (χ0) is 12.1. The fourth-order valence-corrected chi connectivity index (χ4v) is 2.41. The predicted octanol–water partition coefficient (Wildman–Crippen LogP) is 0.0537. The van der Waals surface area contributed by atoms with Gasteiger partial charge in [-0.2, -0.15) is 0 Å². The molecule has 0 saturated carbocycles. The number of likely N-dealkylation sites (N-methyl/N-ethyl adjacent to an activating group) is 1. The molecule has 2 N–H and O–H groups in total. The molecule has 0 aliphatic carbocycles. The molecule has 0 aromatic rings. The third-order valence-electron chi connectivity index (χ3n) is 2.22. The molecule has 1 rings (SSSR count). The fraction of sp³-hybridized carbons (Fsp3) is 0.800. The third kappa shape index (κ3) is 5.61. The van der Waals surface area contributed by atoms with E-state index < -0.39 is 0 Å². The van der Waals surface area contributed by atoms with Gasteiger partial charge in [0.15, 0.2) is 0 Å². The number of thioether (sulfide) groups is 1. The van der Waals surface area contributed by atoms with E-state index in [1.165, 1.54) is 4.90 Å². The highest BCUT2D eigenvalue weighted by atomic mass is 35.5. The minimum absolute atomic E-state index is 0. The van der Waals surface area contributed by atoms with E-state index in [0.29, 0.717) is 0 Å². The molecule has 1 unspecified atom stereocenters. The van der Waals surface area contributed by atoms with Crippen molar-refractivity contribution in [1.29, 1.82) is 0 Å². The van der Waals surface area contributed by atoms with Gasteiger partial charge in [-0.15, -0.1) is 24.2 Å². The molecule has 1 atom stereocenters. The van der Waals surface area contributed by atoms with Crippen LogP contribution in [0.3, 0.4) is 0 Å². The van der Waals surface area contributed by atoms with Gasteiger partial charge in [0.05, 0.1) is 12.6 Å². The van der Waals surface area contributed by atoms with Crippen LogP contribution in [0.1, 0.15) is 13.8 Å². The number of rotatable bonds is 4. The molecule has 0 bridgehead atoms. The fourth-order valence-electron chi connectivity index (χ4n) is 1.48. The number of carbonyl (C=O) groups excluding carboxylic acids is 2. The first-order chi connectivity index (χ1) is 7.50. The number of nitrogens with zero attached hydrogens (tertiary/aromatic N) is 1. The number of amides is 2. The Hall–Kier alpha value is -0.460. The van der Waals surface area contributed by atoms with Crippen molar-refractivity contribution in [2.45, 2.75) is 25.9 Å². The number of halogens is 1. The molecule has 1 saturated heterocycles. The van der Waals surface area contributed by atoms with Crippen molar-refractivity contribution in [3.8, 4) is 0 Å². The van der Waals surface area contributed by atoms with Gasteiger partial charge in [-0.3, -0.25) is 14.9 Å². The van der Waals surface area contributed by atoms with Crippen molar-refractivity contribution in [3.63, 3.8) is 0 Å². The van der Waals surface area contributed by atoms with Crippen LogP contribution in [0.4, 0.5) is 0 Å². The predicted molar refractivity (Wildman–Crippen MR) is 72.4 cm³/mol. The van der Waals surface area contributed by atoms with Gasteiger partial charge in [-0.1, -0.05) is 0 Å². The molecule has 7 heteroatoms. The summed E-state index contributed by atoms with van der Waals surface area (Å²) in [5.74, 6) is 1.47. The average molecular weight is 282 g/mol.